The van der Waals surface area contributed by atoms with Gasteiger partial charge in [0.15, 0.2) is 5.69 Å². The molecule has 168 valence electrons. The van der Waals surface area contributed by atoms with Crippen molar-refractivity contribution in [3.8, 4) is 11.8 Å². The van der Waals surface area contributed by atoms with E-state index in [1.807, 2.05) is 6.92 Å². The Balaban J connectivity index is 2.47. The Bertz CT molecular complexity index is 1120. The molecule has 2 aromatic heterocycles. The smallest absolute Gasteiger partial charge is 0.359 e. The van der Waals surface area contributed by atoms with Crippen molar-refractivity contribution in [2.75, 3.05) is 33.1 Å². The molecule has 0 fully saturated rings. The van der Waals surface area contributed by atoms with E-state index in [1.54, 1.807) is 49.3 Å². The van der Waals surface area contributed by atoms with Crippen LogP contribution in [0.3, 0.4) is 0 Å². The maximum absolute atomic E-state index is 12.3. The van der Waals surface area contributed by atoms with Gasteiger partial charge in [0.25, 0.3) is 0 Å². The minimum absolute atomic E-state index is 0.121. The predicted molar refractivity (Wildman–Crippen MR) is 124 cm³/mol. The Morgan fingerprint density at radius 3 is 2.84 bits per heavy atom. The fourth-order valence-electron chi connectivity index (χ4n) is 2.87. The van der Waals surface area contributed by atoms with Crippen LogP contribution in [0.1, 0.15) is 23.8 Å². The molecule has 0 aliphatic rings. The third-order valence-corrected chi connectivity index (χ3v) is 4.60. The van der Waals surface area contributed by atoms with E-state index in [2.05, 4.69) is 33.8 Å². The maximum Gasteiger partial charge on any atom is 0.359 e. The van der Waals surface area contributed by atoms with E-state index in [9.17, 15) is 14.7 Å². The van der Waals surface area contributed by atoms with Crippen LogP contribution in [0.25, 0.3) is 16.6 Å². The first kappa shape index (κ1) is 24.4. The van der Waals surface area contributed by atoms with Crippen LogP contribution >= 0.6 is 0 Å². The quantitative estimate of drug-likeness (QED) is 0.267. The third-order valence-electron chi connectivity index (χ3n) is 4.60. The van der Waals surface area contributed by atoms with Crippen LogP contribution in [0.5, 0.6) is 0 Å². The van der Waals surface area contributed by atoms with Gasteiger partial charge in [-0.2, -0.15) is 5.10 Å². The highest BCUT2D eigenvalue weighted by atomic mass is 16.5. The summed E-state index contributed by atoms with van der Waals surface area (Å²) in [4.78, 5) is 28.7. The highest BCUT2D eigenvalue weighted by Gasteiger charge is 2.22. The van der Waals surface area contributed by atoms with E-state index in [0.29, 0.717) is 47.4 Å². The third kappa shape index (κ3) is 5.62. The molecule has 1 atom stereocenters. The number of aliphatic hydroxyl groups is 1. The van der Waals surface area contributed by atoms with E-state index in [1.165, 1.54) is 12.0 Å². The molecule has 0 aromatic carbocycles. The molecule has 0 spiro atoms. The summed E-state index contributed by atoms with van der Waals surface area (Å²) in [7, 11) is 4.63. The number of aromatic nitrogens is 3. The summed E-state index contributed by atoms with van der Waals surface area (Å²) in [6, 6.07) is 1.74. The minimum atomic E-state index is -0.881. The van der Waals surface area contributed by atoms with Crippen LogP contribution in [-0.2, 0) is 9.53 Å². The SMILES string of the molecule is C=C/C(=C\C(C#CC(O)CCN(C)C=O)=C/C)n1nc(C(=O)OC)c2c(NC)nccc21. The number of nitrogens with zero attached hydrogens (tertiary/aromatic N) is 4. The lowest BCUT2D eigenvalue weighted by molar-refractivity contribution is -0.117. The predicted octanol–water partition coefficient (Wildman–Crippen LogP) is 2.08. The summed E-state index contributed by atoms with van der Waals surface area (Å²) in [5.41, 5.74) is 1.94. The lowest BCUT2D eigenvalue weighted by Crippen LogP contribution is -2.21. The van der Waals surface area contributed by atoms with Gasteiger partial charge in [0.05, 0.1) is 23.7 Å². The Morgan fingerprint density at radius 2 is 2.25 bits per heavy atom. The molecule has 0 saturated carbocycles. The standard InChI is InChI=1S/C23H27N5O4/c1-6-16(8-9-18(30)11-13-27(4)15-29)14-17(7-2)28-19-10-12-25-22(24-3)20(19)21(26-28)23(31)32-5/h6-7,10,12,14-15,18,30H,2,11,13H2,1,3-5H3,(H,24,25)/b16-6-,17-14+. The van der Waals surface area contributed by atoms with Gasteiger partial charge in [-0.15, -0.1) is 0 Å². The summed E-state index contributed by atoms with van der Waals surface area (Å²) in [5.74, 6) is 5.61. The summed E-state index contributed by atoms with van der Waals surface area (Å²) >= 11 is 0. The Morgan fingerprint density at radius 1 is 1.50 bits per heavy atom. The highest BCUT2D eigenvalue weighted by Crippen LogP contribution is 2.28. The number of allylic oxidation sites excluding steroid dienone is 5. The molecule has 9 heteroatoms. The second-order valence-corrected chi connectivity index (χ2v) is 6.73. The lowest BCUT2D eigenvalue weighted by atomic mass is 10.1. The van der Waals surface area contributed by atoms with Crippen molar-refractivity contribution in [2.24, 2.45) is 0 Å². The molecular weight excluding hydrogens is 410 g/mol. The molecule has 0 aliphatic carbocycles. The first-order valence-corrected chi connectivity index (χ1v) is 9.89. The zero-order valence-electron chi connectivity index (χ0n) is 18.6. The van der Waals surface area contributed by atoms with E-state index in [-0.39, 0.29) is 5.69 Å². The van der Waals surface area contributed by atoms with Crippen molar-refractivity contribution in [2.45, 2.75) is 19.4 Å². The number of aliphatic hydroxyl groups excluding tert-OH is 1. The molecule has 2 aromatic rings. The van der Waals surface area contributed by atoms with Gasteiger partial charge in [0, 0.05) is 38.8 Å². The zero-order valence-corrected chi connectivity index (χ0v) is 18.6. The second kappa shape index (κ2) is 11.5. The maximum atomic E-state index is 12.3. The van der Waals surface area contributed by atoms with Gasteiger partial charge in [0.2, 0.25) is 6.41 Å². The van der Waals surface area contributed by atoms with E-state index >= 15 is 0 Å². The summed E-state index contributed by atoms with van der Waals surface area (Å²) < 4.78 is 6.45. The monoisotopic (exact) mass is 437 g/mol. The molecule has 1 amide bonds. The molecule has 32 heavy (non-hydrogen) atoms. The average molecular weight is 438 g/mol. The number of fused-ring (bicyclic) bond motifs is 1. The molecule has 2 heterocycles. The summed E-state index contributed by atoms with van der Waals surface area (Å²) in [6.45, 7) is 6.08. The first-order chi connectivity index (χ1) is 15.4. The number of esters is 1. The average Bonchev–Trinajstić information content (AvgIpc) is 3.21. The van der Waals surface area contributed by atoms with Crippen LogP contribution in [0.2, 0.25) is 0 Å². The number of carbonyl (C=O) groups excluding carboxylic acids is 2. The molecule has 9 nitrogen and oxygen atoms in total. The van der Waals surface area contributed by atoms with Gasteiger partial charge in [-0.1, -0.05) is 24.5 Å². The Kier molecular flexibility index (Phi) is 8.74. The van der Waals surface area contributed by atoms with Crippen LogP contribution in [0.15, 0.2) is 42.6 Å². The van der Waals surface area contributed by atoms with E-state index in [0.717, 1.165) is 0 Å². The van der Waals surface area contributed by atoms with Gasteiger partial charge >= 0.3 is 5.97 Å². The summed E-state index contributed by atoms with van der Waals surface area (Å²) in [5, 5.41) is 18.0. The molecule has 1 unspecified atom stereocenters. The number of hydrogen-bond donors (Lipinski definition) is 2. The first-order valence-electron chi connectivity index (χ1n) is 9.89. The van der Waals surface area contributed by atoms with Gasteiger partial charge < -0.3 is 20.1 Å². The van der Waals surface area contributed by atoms with E-state index in [4.69, 9.17) is 4.74 Å². The van der Waals surface area contributed by atoms with Crippen LogP contribution < -0.4 is 5.32 Å². The molecule has 2 rings (SSSR count). The topological polar surface area (TPSA) is 110 Å². The van der Waals surface area contributed by atoms with Crippen molar-refractivity contribution in [1.29, 1.82) is 0 Å². The van der Waals surface area contributed by atoms with Crippen molar-refractivity contribution in [1.82, 2.24) is 19.7 Å². The molecule has 2 N–H and O–H groups in total. The molecular formula is C23H27N5O4. The van der Waals surface area contributed by atoms with E-state index < -0.39 is 12.1 Å². The van der Waals surface area contributed by atoms with Crippen molar-refractivity contribution in [3.05, 3.63) is 48.3 Å². The van der Waals surface area contributed by atoms with Crippen molar-refractivity contribution >= 4 is 34.8 Å². The van der Waals surface area contributed by atoms with Gasteiger partial charge in [-0.3, -0.25) is 4.79 Å². The Labute approximate surface area is 187 Å². The minimum Gasteiger partial charge on any atom is -0.464 e. The van der Waals surface area contributed by atoms with Crippen LogP contribution in [0.4, 0.5) is 5.82 Å². The molecule has 0 aliphatic heterocycles. The zero-order chi connectivity index (χ0) is 23.7. The van der Waals surface area contributed by atoms with Crippen molar-refractivity contribution in [3.63, 3.8) is 0 Å². The number of pyridine rings is 1. The molecule has 0 saturated heterocycles. The van der Waals surface area contributed by atoms with Gasteiger partial charge in [-0.05, 0) is 25.1 Å². The Hall–Kier alpha value is -3.90. The van der Waals surface area contributed by atoms with Gasteiger partial charge in [0.1, 0.15) is 11.9 Å². The highest BCUT2D eigenvalue weighted by molar-refractivity contribution is 6.07. The number of ether oxygens (including phenoxy) is 1. The fraction of sp³-hybridized carbons (Fsp3) is 0.304. The fourth-order valence-corrected chi connectivity index (χ4v) is 2.87. The number of methoxy groups -OCH3 is 1. The number of nitrogens with one attached hydrogen (secondary N) is 1. The lowest BCUT2D eigenvalue weighted by Gasteiger charge is -2.10. The summed E-state index contributed by atoms with van der Waals surface area (Å²) in [6.07, 6.45) is 6.89. The number of hydrogen-bond acceptors (Lipinski definition) is 7. The molecule has 0 bridgehead atoms. The molecule has 0 radical (unpaired) electrons. The van der Waals surface area contributed by atoms with Crippen LogP contribution in [0, 0.1) is 11.8 Å². The number of rotatable bonds is 9. The second-order valence-electron chi connectivity index (χ2n) is 6.73. The van der Waals surface area contributed by atoms with Crippen LogP contribution in [-0.4, -0.2) is 71.0 Å². The normalized spacial score (nSPS) is 12.5. The largest absolute Gasteiger partial charge is 0.464 e. The van der Waals surface area contributed by atoms with Gasteiger partial charge in [-0.25, -0.2) is 14.5 Å². The van der Waals surface area contributed by atoms with Crippen molar-refractivity contribution < 1.29 is 19.4 Å². The number of carbonyl (C=O) groups is 2. The number of amides is 1. The number of anilines is 1.